The van der Waals surface area contributed by atoms with Gasteiger partial charge in [-0.1, -0.05) is 0 Å². The first-order valence-corrected chi connectivity index (χ1v) is 28.0. The Kier molecular flexibility index (Phi) is 47.8. The number of carbonyl (C=O) groups excluding carboxylic acids is 2. The van der Waals surface area contributed by atoms with Gasteiger partial charge in [-0.2, -0.15) is 0 Å². The van der Waals surface area contributed by atoms with Crippen molar-refractivity contribution in [2.45, 2.75) is 12.8 Å². The molecule has 0 saturated carbocycles. The van der Waals surface area contributed by atoms with E-state index in [9.17, 15) is 9.59 Å². The van der Waals surface area contributed by atoms with Crippen molar-refractivity contribution in [2.75, 3.05) is 120 Å². The Hall–Kier alpha value is 2.90. The highest BCUT2D eigenvalue weighted by atomic mass is 32.3. The summed E-state index contributed by atoms with van der Waals surface area (Å²) in [6.07, 6.45) is 1.08. The molecule has 0 radical (unpaired) electrons. The van der Waals surface area contributed by atoms with Crippen molar-refractivity contribution in [3.63, 3.8) is 0 Å². The van der Waals surface area contributed by atoms with Gasteiger partial charge >= 0.3 is 11.9 Å². The molecule has 0 spiro atoms. The molecule has 0 aromatic rings. The molecule has 280 valence electrons. The van der Waals surface area contributed by atoms with Crippen LogP contribution in [-0.4, -0.2) is 142 Å². The van der Waals surface area contributed by atoms with Crippen LogP contribution in [0.15, 0.2) is 0 Å². The van der Waals surface area contributed by atoms with Gasteiger partial charge < -0.3 is 19.7 Å². The summed E-state index contributed by atoms with van der Waals surface area (Å²) in [5, 5.41) is 25.8. The molecular weight excluding hydrogens is 845 g/mol. The SMILES string of the molecule is O=C(CSCSCSCSCCOOCSCSCSCSCOC(=O)CSCSCSCSCCOOCCCO)OCCCO. The van der Waals surface area contributed by atoms with Crippen LogP contribution < -0.4 is 0 Å². The molecule has 0 aliphatic heterocycles. The average molecular weight is 893 g/mol. The van der Waals surface area contributed by atoms with Gasteiger partial charge in [0.15, 0.2) is 0 Å². The lowest BCUT2D eigenvalue weighted by molar-refractivity contribution is -0.291. The van der Waals surface area contributed by atoms with E-state index in [-0.39, 0.29) is 31.8 Å². The molecule has 0 amide bonds. The molecule has 10 nitrogen and oxygen atoms in total. The summed E-state index contributed by atoms with van der Waals surface area (Å²) in [6.45, 7) is 1.98. The summed E-state index contributed by atoms with van der Waals surface area (Å²) in [5.41, 5.74) is 0. The van der Waals surface area contributed by atoms with E-state index in [4.69, 9.17) is 39.2 Å². The average Bonchev–Trinajstić information content (AvgIpc) is 3.07. The van der Waals surface area contributed by atoms with E-state index >= 15 is 0 Å². The third-order valence-electron chi connectivity index (χ3n) is 4.11. The fourth-order valence-corrected chi connectivity index (χ4v) is 15.1. The number of aliphatic hydroxyl groups is 2. The highest BCUT2D eigenvalue weighted by molar-refractivity contribution is 8.27. The maximum absolute atomic E-state index is 11.8. The standard InChI is InChI=1S/C25H48O10S12/c26-3-1-5-30-24(28)11-38-17-44-21-43-16-37-10-8-34-35-14-41-20-47-23-46-19-40-13-31-25(29)12-39-18-45-22-42-15-36-9-7-33-32-6-2-4-27/h26-27H,1-23H2. The highest BCUT2D eigenvalue weighted by Gasteiger charge is 2.04. The molecule has 0 bridgehead atoms. The van der Waals surface area contributed by atoms with E-state index in [0.717, 1.165) is 57.3 Å². The molecule has 2 N–H and O–H groups in total. The van der Waals surface area contributed by atoms with Gasteiger partial charge in [0.1, 0.15) is 11.9 Å². The number of hydrogen-bond acceptors (Lipinski definition) is 22. The molecule has 47 heavy (non-hydrogen) atoms. The molecule has 0 aromatic heterocycles. The summed E-state index contributed by atoms with van der Waals surface area (Å²) >= 11 is 21.0. The molecule has 0 atom stereocenters. The van der Waals surface area contributed by atoms with Gasteiger partial charge in [0.05, 0.1) is 37.9 Å². The molecule has 0 saturated heterocycles. The van der Waals surface area contributed by atoms with Crippen LogP contribution in [0.2, 0.25) is 0 Å². The molecule has 0 rings (SSSR count). The second kappa shape index (κ2) is 45.1. The van der Waals surface area contributed by atoms with Gasteiger partial charge in [0.2, 0.25) is 0 Å². The minimum atomic E-state index is -0.218. The van der Waals surface area contributed by atoms with E-state index in [1.807, 2.05) is 70.6 Å². The van der Waals surface area contributed by atoms with Crippen molar-refractivity contribution < 1.29 is 48.8 Å². The van der Waals surface area contributed by atoms with E-state index in [2.05, 4.69) is 0 Å². The number of esters is 2. The first-order chi connectivity index (χ1) is 23.2. The van der Waals surface area contributed by atoms with Crippen molar-refractivity contribution in [3.8, 4) is 0 Å². The number of hydrogen-bond donors (Lipinski definition) is 2. The van der Waals surface area contributed by atoms with Crippen LogP contribution in [-0.2, 0) is 38.6 Å². The van der Waals surface area contributed by atoms with Gasteiger partial charge in [0, 0.05) is 76.9 Å². The maximum Gasteiger partial charge on any atom is 0.316 e. The summed E-state index contributed by atoms with van der Waals surface area (Å²) in [7, 11) is 0. The number of ether oxygens (including phenoxy) is 2. The van der Waals surface area contributed by atoms with Crippen LogP contribution in [0.4, 0.5) is 0 Å². The summed E-state index contributed by atoms with van der Waals surface area (Å²) in [4.78, 5) is 43.6. The van der Waals surface area contributed by atoms with Gasteiger partial charge in [-0.25, -0.2) is 19.6 Å². The summed E-state index contributed by atoms with van der Waals surface area (Å²) in [6, 6.07) is 0. The van der Waals surface area contributed by atoms with Crippen molar-refractivity contribution in [3.05, 3.63) is 0 Å². The topological polar surface area (TPSA) is 130 Å². The Morgan fingerprint density at radius 1 is 0.404 bits per heavy atom. The third-order valence-corrected chi connectivity index (χ3v) is 18.5. The molecule has 0 unspecified atom stereocenters. The summed E-state index contributed by atoms with van der Waals surface area (Å²) in [5.74, 6) is 3.04. The lowest BCUT2D eigenvalue weighted by Gasteiger charge is -2.06. The van der Waals surface area contributed by atoms with E-state index in [1.54, 1.807) is 70.6 Å². The van der Waals surface area contributed by atoms with Crippen LogP contribution in [0.5, 0.6) is 0 Å². The highest BCUT2D eigenvalue weighted by Crippen LogP contribution is 2.23. The fraction of sp³-hybridized carbons (Fsp3) is 0.920. The molecular formula is C25H48O10S12. The molecule has 0 aliphatic rings. The predicted molar refractivity (Wildman–Crippen MR) is 223 cm³/mol. The van der Waals surface area contributed by atoms with Crippen LogP contribution in [0.1, 0.15) is 12.8 Å². The minimum absolute atomic E-state index is 0.0417. The second-order valence-electron chi connectivity index (χ2n) is 7.92. The quantitative estimate of drug-likeness (QED) is 0.0214. The van der Waals surface area contributed by atoms with Crippen LogP contribution >= 0.6 is 141 Å². The number of carbonyl (C=O) groups is 2. The van der Waals surface area contributed by atoms with Gasteiger partial charge in [-0.05, 0) is 6.42 Å². The van der Waals surface area contributed by atoms with Crippen molar-refractivity contribution >= 4 is 153 Å². The molecule has 0 heterocycles. The van der Waals surface area contributed by atoms with Crippen LogP contribution in [0.3, 0.4) is 0 Å². The van der Waals surface area contributed by atoms with Gasteiger partial charge in [-0.3, -0.25) is 9.59 Å². The lowest BCUT2D eigenvalue weighted by Crippen LogP contribution is -2.09. The number of thioether (sulfide) groups is 12. The Bertz CT molecular complexity index is 668. The Labute approximate surface area is 331 Å². The van der Waals surface area contributed by atoms with Crippen molar-refractivity contribution in [1.82, 2.24) is 0 Å². The Morgan fingerprint density at radius 3 is 1.36 bits per heavy atom. The van der Waals surface area contributed by atoms with E-state index in [1.165, 1.54) is 0 Å². The first kappa shape index (κ1) is 49.9. The number of rotatable bonds is 40. The van der Waals surface area contributed by atoms with Crippen LogP contribution in [0, 0.1) is 0 Å². The van der Waals surface area contributed by atoms with Gasteiger partial charge in [-0.15, -0.1) is 141 Å². The zero-order valence-electron chi connectivity index (χ0n) is 26.3. The van der Waals surface area contributed by atoms with Crippen molar-refractivity contribution in [2.24, 2.45) is 0 Å². The molecule has 0 fully saturated rings. The smallest absolute Gasteiger partial charge is 0.316 e. The zero-order chi connectivity index (χ0) is 34.1. The van der Waals surface area contributed by atoms with Gasteiger partial charge in [0.25, 0.3) is 0 Å². The fourth-order valence-electron chi connectivity index (χ4n) is 2.17. The minimum Gasteiger partial charge on any atom is -0.465 e. The molecule has 0 aromatic carbocycles. The summed E-state index contributed by atoms with van der Waals surface area (Å²) < 4.78 is 10.3. The third kappa shape index (κ3) is 45.0. The van der Waals surface area contributed by atoms with Crippen molar-refractivity contribution in [1.29, 1.82) is 0 Å². The second-order valence-corrected chi connectivity index (χ2v) is 23.2. The zero-order valence-corrected chi connectivity index (χ0v) is 36.1. The van der Waals surface area contributed by atoms with E-state index in [0.29, 0.717) is 56.0 Å². The lowest BCUT2D eigenvalue weighted by atomic mass is 10.5. The Balaban J connectivity index is 3.16. The maximum atomic E-state index is 11.8. The Morgan fingerprint density at radius 2 is 0.809 bits per heavy atom. The molecule has 0 aliphatic carbocycles. The molecule has 22 heteroatoms. The monoisotopic (exact) mass is 892 g/mol. The predicted octanol–water partition coefficient (Wildman–Crippen LogP) is 7.06. The number of aliphatic hydroxyl groups excluding tert-OH is 2. The normalized spacial score (nSPS) is 11.3. The largest absolute Gasteiger partial charge is 0.465 e. The first-order valence-electron chi connectivity index (χ1n) is 14.1. The van der Waals surface area contributed by atoms with Crippen LogP contribution in [0.25, 0.3) is 0 Å². The van der Waals surface area contributed by atoms with E-state index < -0.39 is 0 Å².